The van der Waals surface area contributed by atoms with E-state index < -0.39 is 9.84 Å². The number of rotatable bonds is 10. The Balaban J connectivity index is 0.00000363. The molecule has 3 aromatic rings. The number of ether oxygens (including phenoxy) is 1. The van der Waals surface area contributed by atoms with Crippen molar-refractivity contribution in [2.45, 2.75) is 41.7 Å². The van der Waals surface area contributed by atoms with E-state index in [1.165, 1.54) is 12.1 Å². The molecule has 172 valence electrons. The SMILES string of the molecule is Cl.NC(CO)CCCc1ccc(S(=O)(=O)c2cccc(OCc3ccccc3)c2)cc1Cl. The Bertz CT molecular complexity index is 1110. The summed E-state index contributed by atoms with van der Waals surface area (Å²) in [7, 11) is -3.74. The summed E-state index contributed by atoms with van der Waals surface area (Å²) in [5.41, 5.74) is 7.57. The van der Waals surface area contributed by atoms with Gasteiger partial charge in [-0.1, -0.05) is 54.1 Å². The zero-order valence-electron chi connectivity index (χ0n) is 17.5. The molecule has 1 unspecified atom stereocenters. The van der Waals surface area contributed by atoms with Crippen molar-refractivity contribution in [3.05, 3.63) is 88.9 Å². The lowest BCUT2D eigenvalue weighted by molar-refractivity contribution is 0.258. The van der Waals surface area contributed by atoms with E-state index in [0.29, 0.717) is 30.2 Å². The van der Waals surface area contributed by atoms with Crippen molar-refractivity contribution in [3.63, 3.8) is 0 Å². The molecule has 0 aliphatic carbocycles. The van der Waals surface area contributed by atoms with Gasteiger partial charge in [0.15, 0.2) is 0 Å². The van der Waals surface area contributed by atoms with Crippen LogP contribution in [0.4, 0.5) is 0 Å². The average molecular weight is 496 g/mol. The van der Waals surface area contributed by atoms with Crippen LogP contribution in [0, 0.1) is 0 Å². The summed E-state index contributed by atoms with van der Waals surface area (Å²) in [6, 6.07) is 20.7. The number of aliphatic hydroxyl groups excluding tert-OH is 1. The largest absolute Gasteiger partial charge is 0.489 e. The highest BCUT2D eigenvalue weighted by molar-refractivity contribution is 7.91. The van der Waals surface area contributed by atoms with Crippen LogP contribution in [0.5, 0.6) is 5.75 Å². The van der Waals surface area contributed by atoms with Crippen molar-refractivity contribution in [1.29, 1.82) is 0 Å². The molecular weight excluding hydrogens is 469 g/mol. The van der Waals surface area contributed by atoms with Crippen molar-refractivity contribution in [2.24, 2.45) is 5.73 Å². The van der Waals surface area contributed by atoms with E-state index in [4.69, 9.17) is 27.2 Å². The minimum atomic E-state index is -3.74. The van der Waals surface area contributed by atoms with Crippen LogP contribution < -0.4 is 10.5 Å². The molecule has 1 atom stereocenters. The van der Waals surface area contributed by atoms with Crippen LogP contribution in [0.1, 0.15) is 24.0 Å². The van der Waals surface area contributed by atoms with E-state index in [1.54, 1.807) is 30.3 Å². The van der Waals surface area contributed by atoms with Crippen LogP contribution >= 0.6 is 24.0 Å². The van der Waals surface area contributed by atoms with Crippen molar-refractivity contribution in [2.75, 3.05) is 6.61 Å². The second-order valence-corrected chi connectivity index (χ2v) is 9.70. The van der Waals surface area contributed by atoms with Gasteiger partial charge in [0.25, 0.3) is 0 Å². The van der Waals surface area contributed by atoms with Crippen molar-refractivity contribution in [3.8, 4) is 5.75 Å². The lowest BCUT2D eigenvalue weighted by atomic mass is 10.1. The first kappa shape index (κ1) is 26.2. The predicted molar refractivity (Wildman–Crippen MR) is 129 cm³/mol. The van der Waals surface area contributed by atoms with Crippen molar-refractivity contribution < 1.29 is 18.3 Å². The van der Waals surface area contributed by atoms with E-state index in [1.807, 2.05) is 30.3 Å². The molecule has 3 aromatic carbocycles. The van der Waals surface area contributed by atoms with Gasteiger partial charge >= 0.3 is 0 Å². The Morgan fingerprint density at radius 2 is 1.69 bits per heavy atom. The van der Waals surface area contributed by atoms with Crippen LogP contribution in [0.3, 0.4) is 0 Å². The minimum Gasteiger partial charge on any atom is -0.489 e. The summed E-state index contributed by atoms with van der Waals surface area (Å²) in [4.78, 5) is 0.282. The molecule has 0 bridgehead atoms. The van der Waals surface area contributed by atoms with Gasteiger partial charge in [0, 0.05) is 11.1 Å². The first-order valence-corrected chi connectivity index (χ1v) is 11.9. The van der Waals surface area contributed by atoms with E-state index in [0.717, 1.165) is 17.5 Å². The number of aliphatic hydroxyl groups is 1. The van der Waals surface area contributed by atoms with Crippen LogP contribution in [0.25, 0.3) is 0 Å². The van der Waals surface area contributed by atoms with Gasteiger partial charge in [-0.05, 0) is 60.7 Å². The summed E-state index contributed by atoms with van der Waals surface area (Å²) in [6.45, 7) is 0.295. The Morgan fingerprint density at radius 1 is 0.969 bits per heavy atom. The Kier molecular flexibility index (Phi) is 10.0. The van der Waals surface area contributed by atoms with Gasteiger partial charge < -0.3 is 15.6 Å². The molecule has 0 radical (unpaired) electrons. The van der Waals surface area contributed by atoms with Gasteiger partial charge in [0.2, 0.25) is 9.84 Å². The molecule has 0 aliphatic heterocycles. The molecule has 0 saturated heterocycles. The number of hydrogen-bond donors (Lipinski definition) is 2. The highest BCUT2D eigenvalue weighted by atomic mass is 35.5. The molecule has 0 saturated carbocycles. The first-order chi connectivity index (χ1) is 14.9. The van der Waals surface area contributed by atoms with Crippen LogP contribution in [0.15, 0.2) is 82.6 Å². The zero-order chi connectivity index (χ0) is 22.3. The number of aryl methyl sites for hydroxylation is 1. The maximum atomic E-state index is 13.1. The number of halogens is 2. The number of benzene rings is 3. The highest BCUT2D eigenvalue weighted by Gasteiger charge is 2.19. The van der Waals surface area contributed by atoms with Gasteiger partial charge in [-0.3, -0.25) is 0 Å². The standard InChI is InChI=1S/C24H26ClNO4S.ClH/c25-24-15-23(13-12-19(24)8-4-9-20(26)16-27)31(28,29)22-11-5-10-21(14-22)30-17-18-6-2-1-3-7-18;/h1-3,5-7,10-15,20,27H,4,8-9,16-17,26H2;1H. The smallest absolute Gasteiger partial charge is 0.206 e. The molecule has 0 spiro atoms. The third-order valence-corrected chi connectivity index (χ3v) is 7.06. The molecule has 0 fully saturated rings. The Morgan fingerprint density at radius 3 is 2.38 bits per heavy atom. The summed E-state index contributed by atoms with van der Waals surface area (Å²) in [6.07, 6.45) is 2.09. The topological polar surface area (TPSA) is 89.6 Å². The number of nitrogens with two attached hydrogens (primary N) is 1. The van der Waals surface area contributed by atoms with Crippen LogP contribution in [0.2, 0.25) is 5.02 Å². The Hall–Kier alpha value is -2.09. The summed E-state index contributed by atoms with van der Waals surface area (Å²) in [5, 5.41) is 9.40. The average Bonchev–Trinajstić information content (AvgIpc) is 2.79. The maximum absolute atomic E-state index is 13.1. The monoisotopic (exact) mass is 495 g/mol. The second kappa shape index (κ2) is 12.2. The third-order valence-electron chi connectivity index (χ3n) is 4.95. The van der Waals surface area contributed by atoms with E-state index in [2.05, 4.69) is 0 Å². The molecule has 3 N–H and O–H groups in total. The summed E-state index contributed by atoms with van der Waals surface area (Å²) in [5.74, 6) is 0.480. The fourth-order valence-electron chi connectivity index (χ4n) is 3.15. The first-order valence-electron chi connectivity index (χ1n) is 10.1. The zero-order valence-corrected chi connectivity index (χ0v) is 19.9. The molecular formula is C24H27Cl2NO4S. The molecule has 8 heteroatoms. The lowest BCUT2D eigenvalue weighted by Crippen LogP contribution is -2.24. The van der Waals surface area contributed by atoms with Crippen molar-refractivity contribution in [1.82, 2.24) is 0 Å². The fraction of sp³-hybridized carbons (Fsp3) is 0.250. The molecule has 5 nitrogen and oxygen atoms in total. The third kappa shape index (κ3) is 6.95. The molecule has 3 rings (SSSR count). The number of hydrogen-bond acceptors (Lipinski definition) is 5. The predicted octanol–water partition coefficient (Wildman–Crippen LogP) is 4.82. The normalized spacial score (nSPS) is 12.1. The van der Waals surface area contributed by atoms with E-state index in [-0.39, 0.29) is 34.8 Å². The molecule has 0 aromatic heterocycles. The minimum absolute atomic E-state index is 0. The number of sulfone groups is 1. The second-order valence-electron chi connectivity index (χ2n) is 7.34. The summed E-state index contributed by atoms with van der Waals surface area (Å²) >= 11 is 6.35. The highest BCUT2D eigenvalue weighted by Crippen LogP contribution is 2.28. The van der Waals surface area contributed by atoms with Crippen LogP contribution in [-0.2, 0) is 22.9 Å². The van der Waals surface area contributed by atoms with E-state index >= 15 is 0 Å². The summed E-state index contributed by atoms with van der Waals surface area (Å²) < 4.78 is 32.0. The van der Waals surface area contributed by atoms with Crippen molar-refractivity contribution >= 4 is 33.8 Å². The molecule has 0 heterocycles. The van der Waals surface area contributed by atoms with Gasteiger partial charge in [-0.15, -0.1) is 12.4 Å². The Labute approximate surface area is 200 Å². The maximum Gasteiger partial charge on any atom is 0.206 e. The quantitative estimate of drug-likeness (QED) is 0.420. The molecule has 32 heavy (non-hydrogen) atoms. The van der Waals surface area contributed by atoms with Gasteiger partial charge in [-0.25, -0.2) is 8.42 Å². The van der Waals surface area contributed by atoms with Gasteiger partial charge in [0.05, 0.1) is 16.4 Å². The fourth-order valence-corrected chi connectivity index (χ4v) is 4.81. The van der Waals surface area contributed by atoms with E-state index in [9.17, 15) is 8.42 Å². The molecule has 0 aliphatic rings. The molecule has 0 amide bonds. The van der Waals surface area contributed by atoms with Gasteiger partial charge in [0.1, 0.15) is 12.4 Å². The van der Waals surface area contributed by atoms with Gasteiger partial charge in [-0.2, -0.15) is 0 Å². The van der Waals surface area contributed by atoms with Crippen LogP contribution in [-0.4, -0.2) is 26.2 Å². The lowest BCUT2D eigenvalue weighted by Gasteiger charge is -2.11.